The van der Waals surface area contributed by atoms with E-state index in [0.29, 0.717) is 5.69 Å². The third-order valence-corrected chi connectivity index (χ3v) is 3.48. The van der Waals surface area contributed by atoms with Crippen molar-refractivity contribution in [2.45, 2.75) is 6.92 Å². The molecule has 134 valence electrons. The molecule has 0 fully saturated rings. The Labute approximate surface area is 153 Å². The van der Waals surface area contributed by atoms with Crippen LogP contribution in [-0.4, -0.2) is 27.8 Å². The van der Waals surface area contributed by atoms with Crippen molar-refractivity contribution in [3.05, 3.63) is 53.1 Å². The van der Waals surface area contributed by atoms with Crippen LogP contribution in [0.4, 0.5) is 11.4 Å². The molecule has 0 aliphatic carbocycles. The first-order valence-corrected chi connectivity index (χ1v) is 7.48. The Hall–Kier alpha value is -4.37. The number of phenols is 1. The van der Waals surface area contributed by atoms with Crippen LogP contribution in [0, 0.1) is 29.6 Å². The summed E-state index contributed by atoms with van der Waals surface area (Å²) in [5.74, 6) is -2.26. The first-order valence-electron chi connectivity index (χ1n) is 7.48. The first kappa shape index (κ1) is 19.0. The fraction of sp³-hybridized carbons (Fsp3) is 0.0556. The summed E-state index contributed by atoms with van der Waals surface area (Å²) in [6.45, 7) is 1.75. The van der Waals surface area contributed by atoms with E-state index in [1.807, 2.05) is 0 Å². The molecule has 0 radical (unpaired) electrons. The number of rotatable bonds is 5. The Morgan fingerprint density at radius 3 is 2.44 bits per heavy atom. The van der Waals surface area contributed by atoms with E-state index in [2.05, 4.69) is 15.8 Å². The zero-order chi connectivity index (χ0) is 20.0. The van der Waals surface area contributed by atoms with E-state index in [-0.39, 0.29) is 22.5 Å². The van der Waals surface area contributed by atoms with E-state index in [9.17, 15) is 14.7 Å². The molecule has 0 aliphatic rings. The topological polar surface area (TPSA) is 159 Å². The van der Waals surface area contributed by atoms with Crippen LogP contribution in [0.3, 0.4) is 0 Å². The van der Waals surface area contributed by atoms with E-state index in [1.165, 1.54) is 18.2 Å². The Bertz CT molecular complexity index is 1020. The predicted octanol–water partition coefficient (Wildman–Crippen LogP) is 2.47. The minimum absolute atomic E-state index is 0.194. The average molecular weight is 363 g/mol. The number of carbonyl (C=O) groups is 2. The Balaban J connectivity index is 2.25. The lowest BCUT2D eigenvalue weighted by atomic mass is 10.1. The van der Waals surface area contributed by atoms with Crippen molar-refractivity contribution >= 4 is 29.0 Å². The maximum atomic E-state index is 12.4. The summed E-state index contributed by atoms with van der Waals surface area (Å²) in [6, 6.07) is 11.6. The molecule has 27 heavy (non-hydrogen) atoms. The van der Waals surface area contributed by atoms with Crippen molar-refractivity contribution in [1.82, 2.24) is 0 Å². The second-order valence-corrected chi connectivity index (χ2v) is 5.32. The van der Waals surface area contributed by atoms with Gasteiger partial charge in [0.15, 0.2) is 0 Å². The summed E-state index contributed by atoms with van der Waals surface area (Å²) in [5.41, 5.74) is 3.43. The Morgan fingerprint density at radius 2 is 1.81 bits per heavy atom. The molecule has 0 spiro atoms. The molecule has 1 amide bonds. The van der Waals surface area contributed by atoms with Gasteiger partial charge in [0.1, 0.15) is 23.5 Å². The fourth-order valence-corrected chi connectivity index (χ4v) is 2.06. The van der Waals surface area contributed by atoms with E-state index in [4.69, 9.17) is 15.6 Å². The van der Waals surface area contributed by atoms with Gasteiger partial charge in [-0.25, -0.2) is 4.79 Å². The number of hydrogen-bond acceptors (Lipinski definition) is 7. The van der Waals surface area contributed by atoms with Crippen molar-refractivity contribution in [3.8, 4) is 17.9 Å². The molecular formula is C18H13N5O4. The molecule has 0 saturated carbocycles. The lowest BCUT2D eigenvalue weighted by Crippen LogP contribution is -2.13. The van der Waals surface area contributed by atoms with Gasteiger partial charge in [-0.3, -0.25) is 10.2 Å². The summed E-state index contributed by atoms with van der Waals surface area (Å²) in [4.78, 5) is 23.5. The summed E-state index contributed by atoms with van der Waals surface area (Å²) in [6.07, 6.45) is 0. The highest BCUT2D eigenvalue weighted by atomic mass is 16.4. The second kappa shape index (κ2) is 8.14. The minimum Gasteiger partial charge on any atom is -0.507 e. The number of carboxylic acids is 1. The van der Waals surface area contributed by atoms with Gasteiger partial charge in [-0.2, -0.15) is 15.6 Å². The van der Waals surface area contributed by atoms with Crippen LogP contribution in [0.1, 0.15) is 26.3 Å². The highest BCUT2D eigenvalue weighted by Crippen LogP contribution is 2.23. The third kappa shape index (κ3) is 4.59. The van der Waals surface area contributed by atoms with Crippen LogP contribution in [0.15, 0.2) is 41.5 Å². The van der Waals surface area contributed by atoms with E-state index < -0.39 is 17.6 Å². The SMILES string of the molecule is Cc1ccc(C(=O)Nc2ccc(O)c(C(=O)O)c2)cc1NN=C(C#N)C#N. The summed E-state index contributed by atoms with van der Waals surface area (Å²) in [5, 5.41) is 42.1. The highest BCUT2D eigenvalue weighted by molar-refractivity contribution is 6.10. The quantitative estimate of drug-likeness (QED) is 0.361. The normalized spacial score (nSPS) is 9.44. The molecule has 2 aromatic rings. The zero-order valence-corrected chi connectivity index (χ0v) is 14.0. The van der Waals surface area contributed by atoms with Crippen LogP contribution in [0.2, 0.25) is 0 Å². The van der Waals surface area contributed by atoms with Crippen LogP contribution in [0.25, 0.3) is 0 Å². The molecule has 0 bridgehead atoms. The molecule has 9 heteroatoms. The zero-order valence-electron chi connectivity index (χ0n) is 14.0. The van der Waals surface area contributed by atoms with Crippen LogP contribution < -0.4 is 10.7 Å². The number of carbonyl (C=O) groups excluding carboxylic acids is 1. The largest absolute Gasteiger partial charge is 0.507 e. The number of hydrazone groups is 1. The van der Waals surface area contributed by atoms with Gasteiger partial charge in [0, 0.05) is 11.3 Å². The monoisotopic (exact) mass is 363 g/mol. The number of carboxylic acid groups (broad SMARTS) is 1. The molecule has 0 atom stereocenters. The summed E-state index contributed by atoms with van der Waals surface area (Å²) >= 11 is 0. The van der Waals surface area contributed by atoms with Gasteiger partial charge in [0.05, 0.1) is 5.69 Å². The molecule has 2 rings (SSSR count). The number of nitriles is 2. The average Bonchev–Trinajstić information content (AvgIpc) is 2.65. The van der Waals surface area contributed by atoms with Gasteiger partial charge in [-0.1, -0.05) is 6.07 Å². The number of anilines is 2. The lowest BCUT2D eigenvalue weighted by molar-refractivity contribution is 0.0693. The van der Waals surface area contributed by atoms with Crippen molar-refractivity contribution in [3.63, 3.8) is 0 Å². The smallest absolute Gasteiger partial charge is 0.339 e. The van der Waals surface area contributed by atoms with Gasteiger partial charge in [0.25, 0.3) is 5.91 Å². The van der Waals surface area contributed by atoms with E-state index in [0.717, 1.165) is 11.6 Å². The standard InChI is InChI=1S/C18H13N5O4/c1-10-2-3-11(6-15(10)23-22-13(8-19)9-20)17(25)21-12-4-5-16(24)14(7-12)18(26)27/h2-7,23-24H,1H3,(H,21,25)(H,26,27). The molecule has 2 aromatic carbocycles. The molecule has 0 aromatic heterocycles. The summed E-state index contributed by atoms with van der Waals surface area (Å²) in [7, 11) is 0. The Morgan fingerprint density at radius 1 is 1.11 bits per heavy atom. The third-order valence-electron chi connectivity index (χ3n) is 3.48. The number of aromatic hydroxyl groups is 1. The predicted molar refractivity (Wildman–Crippen MR) is 96.5 cm³/mol. The van der Waals surface area contributed by atoms with E-state index in [1.54, 1.807) is 31.2 Å². The van der Waals surface area contributed by atoms with Gasteiger partial charge in [-0.05, 0) is 42.8 Å². The number of benzene rings is 2. The van der Waals surface area contributed by atoms with Gasteiger partial charge >= 0.3 is 5.97 Å². The van der Waals surface area contributed by atoms with Gasteiger partial charge in [-0.15, -0.1) is 0 Å². The maximum Gasteiger partial charge on any atom is 0.339 e. The first-order chi connectivity index (χ1) is 12.8. The maximum absolute atomic E-state index is 12.4. The number of aryl methyl sites for hydroxylation is 1. The Kier molecular flexibility index (Phi) is 5.72. The minimum atomic E-state index is -1.32. The molecule has 0 unspecified atom stereocenters. The van der Waals surface area contributed by atoms with Crippen LogP contribution in [0.5, 0.6) is 5.75 Å². The molecule has 0 saturated heterocycles. The number of aromatic carboxylic acids is 1. The lowest BCUT2D eigenvalue weighted by Gasteiger charge is -2.10. The molecule has 0 heterocycles. The number of amides is 1. The number of nitrogens with zero attached hydrogens (tertiary/aromatic N) is 3. The summed E-state index contributed by atoms with van der Waals surface area (Å²) < 4.78 is 0. The molecule has 4 N–H and O–H groups in total. The van der Waals surface area contributed by atoms with Crippen molar-refractivity contribution in [2.75, 3.05) is 10.7 Å². The highest BCUT2D eigenvalue weighted by Gasteiger charge is 2.13. The second-order valence-electron chi connectivity index (χ2n) is 5.32. The van der Waals surface area contributed by atoms with Crippen LogP contribution >= 0.6 is 0 Å². The fourth-order valence-electron chi connectivity index (χ4n) is 2.06. The van der Waals surface area contributed by atoms with Gasteiger partial charge < -0.3 is 15.5 Å². The molecular weight excluding hydrogens is 350 g/mol. The van der Waals surface area contributed by atoms with Crippen LogP contribution in [-0.2, 0) is 0 Å². The number of hydrogen-bond donors (Lipinski definition) is 4. The number of nitrogens with one attached hydrogen (secondary N) is 2. The van der Waals surface area contributed by atoms with Crippen molar-refractivity contribution < 1.29 is 19.8 Å². The van der Waals surface area contributed by atoms with Gasteiger partial charge in [0.2, 0.25) is 5.71 Å². The van der Waals surface area contributed by atoms with Crippen molar-refractivity contribution in [2.24, 2.45) is 5.10 Å². The van der Waals surface area contributed by atoms with Crippen molar-refractivity contribution in [1.29, 1.82) is 10.5 Å². The molecule has 9 nitrogen and oxygen atoms in total. The molecule has 0 aliphatic heterocycles. The van der Waals surface area contributed by atoms with E-state index >= 15 is 0 Å².